The van der Waals surface area contributed by atoms with Crippen molar-refractivity contribution in [3.05, 3.63) is 35.0 Å². The van der Waals surface area contributed by atoms with Crippen molar-refractivity contribution >= 4 is 16.9 Å². The van der Waals surface area contributed by atoms with Crippen molar-refractivity contribution in [2.45, 2.75) is 25.9 Å². The first-order chi connectivity index (χ1) is 8.15. The summed E-state index contributed by atoms with van der Waals surface area (Å²) in [6.07, 6.45) is 0.988. The molecule has 2 heterocycles. The maximum atomic E-state index is 10.9. The minimum atomic E-state index is -0.883. The number of hydrogen-bond acceptors (Lipinski definition) is 2. The molecule has 1 aliphatic heterocycles. The monoisotopic (exact) mass is 230 g/mol. The molecule has 0 saturated heterocycles. The molecule has 0 fully saturated rings. The number of H-pyrrole nitrogens is 1. The molecule has 0 amide bonds. The molecule has 0 spiro atoms. The Morgan fingerprint density at radius 2 is 2.29 bits per heavy atom. The molecule has 88 valence electrons. The van der Waals surface area contributed by atoms with Gasteiger partial charge in [0.05, 0.1) is 5.56 Å². The van der Waals surface area contributed by atoms with Crippen LogP contribution in [0, 0.1) is 0 Å². The third-order valence-corrected chi connectivity index (χ3v) is 3.38. The topological polar surface area (TPSA) is 65.1 Å². The van der Waals surface area contributed by atoms with E-state index in [2.05, 4.69) is 17.2 Å². The van der Waals surface area contributed by atoms with Gasteiger partial charge >= 0.3 is 5.97 Å². The summed E-state index contributed by atoms with van der Waals surface area (Å²) in [5, 5.41) is 13.5. The zero-order chi connectivity index (χ0) is 12.0. The summed E-state index contributed by atoms with van der Waals surface area (Å²) in [4.78, 5) is 14.2. The van der Waals surface area contributed by atoms with Gasteiger partial charge in [0.1, 0.15) is 0 Å². The zero-order valence-electron chi connectivity index (χ0n) is 9.58. The van der Waals surface area contributed by atoms with E-state index in [1.165, 1.54) is 11.3 Å². The zero-order valence-corrected chi connectivity index (χ0v) is 9.58. The van der Waals surface area contributed by atoms with E-state index in [-0.39, 0.29) is 0 Å². The fourth-order valence-electron chi connectivity index (χ4n) is 2.48. The van der Waals surface area contributed by atoms with Crippen molar-refractivity contribution in [2.75, 3.05) is 0 Å². The molecule has 1 unspecified atom stereocenters. The van der Waals surface area contributed by atoms with Crippen LogP contribution >= 0.6 is 0 Å². The first-order valence-electron chi connectivity index (χ1n) is 5.75. The molecule has 1 atom stereocenters. The second-order valence-electron chi connectivity index (χ2n) is 4.63. The second-order valence-corrected chi connectivity index (χ2v) is 4.63. The predicted octanol–water partition coefficient (Wildman–Crippen LogP) is 1.90. The summed E-state index contributed by atoms with van der Waals surface area (Å²) in [7, 11) is 0. The second kappa shape index (κ2) is 3.60. The Balaban J connectivity index is 2.18. The Morgan fingerprint density at radius 3 is 3.06 bits per heavy atom. The number of fused-ring (bicyclic) bond motifs is 3. The minimum Gasteiger partial charge on any atom is -0.478 e. The van der Waals surface area contributed by atoms with Crippen LogP contribution in [0.1, 0.15) is 28.5 Å². The van der Waals surface area contributed by atoms with Gasteiger partial charge in [0.25, 0.3) is 0 Å². The van der Waals surface area contributed by atoms with E-state index in [0.29, 0.717) is 11.6 Å². The first-order valence-corrected chi connectivity index (χ1v) is 5.75. The van der Waals surface area contributed by atoms with Crippen molar-refractivity contribution in [2.24, 2.45) is 0 Å². The van der Waals surface area contributed by atoms with Gasteiger partial charge < -0.3 is 15.4 Å². The van der Waals surface area contributed by atoms with Gasteiger partial charge in [-0.3, -0.25) is 0 Å². The molecule has 17 heavy (non-hydrogen) atoms. The van der Waals surface area contributed by atoms with Gasteiger partial charge in [-0.15, -0.1) is 0 Å². The van der Waals surface area contributed by atoms with Crippen LogP contribution in [0.25, 0.3) is 10.9 Å². The van der Waals surface area contributed by atoms with Crippen LogP contribution in [-0.2, 0) is 13.0 Å². The molecule has 1 aromatic heterocycles. The molecular formula is C13H14N2O2. The largest absolute Gasteiger partial charge is 0.478 e. The van der Waals surface area contributed by atoms with E-state index in [9.17, 15) is 4.79 Å². The average Bonchev–Trinajstić information content (AvgIpc) is 2.66. The van der Waals surface area contributed by atoms with Crippen molar-refractivity contribution in [1.29, 1.82) is 0 Å². The van der Waals surface area contributed by atoms with Crippen LogP contribution in [0.15, 0.2) is 18.2 Å². The molecular weight excluding hydrogens is 216 g/mol. The van der Waals surface area contributed by atoms with Gasteiger partial charge in [0.2, 0.25) is 0 Å². The van der Waals surface area contributed by atoms with E-state index >= 15 is 0 Å². The van der Waals surface area contributed by atoms with E-state index in [1.54, 1.807) is 12.1 Å². The lowest BCUT2D eigenvalue weighted by Gasteiger charge is -2.20. The molecule has 0 radical (unpaired) electrons. The Kier molecular flexibility index (Phi) is 2.19. The van der Waals surface area contributed by atoms with Crippen molar-refractivity contribution in [1.82, 2.24) is 10.3 Å². The molecule has 3 N–H and O–H groups in total. The first kappa shape index (κ1) is 10.4. The highest BCUT2D eigenvalue weighted by molar-refractivity contribution is 5.94. The number of carboxylic acids is 1. The summed E-state index contributed by atoms with van der Waals surface area (Å²) in [5.74, 6) is -0.883. The smallest absolute Gasteiger partial charge is 0.335 e. The number of benzene rings is 1. The van der Waals surface area contributed by atoms with E-state index in [1.807, 2.05) is 6.07 Å². The molecule has 4 nitrogen and oxygen atoms in total. The quantitative estimate of drug-likeness (QED) is 0.701. The van der Waals surface area contributed by atoms with E-state index < -0.39 is 5.97 Å². The highest BCUT2D eigenvalue weighted by atomic mass is 16.4. The van der Waals surface area contributed by atoms with Crippen LogP contribution in [0.5, 0.6) is 0 Å². The number of aromatic nitrogens is 1. The van der Waals surface area contributed by atoms with Gasteiger partial charge in [0, 0.05) is 29.2 Å². The Labute approximate surface area is 98.6 Å². The standard InChI is InChI=1S/C13H14N2O2/c1-7-4-10-9-3-2-8(13(16)17)5-11(9)15-12(10)6-14-7/h2-3,5,7,14-15H,4,6H2,1H3,(H,16,17). The van der Waals surface area contributed by atoms with Crippen LogP contribution in [-0.4, -0.2) is 22.1 Å². The lowest BCUT2D eigenvalue weighted by atomic mass is 9.99. The molecule has 0 aliphatic carbocycles. The number of aromatic amines is 1. The summed E-state index contributed by atoms with van der Waals surface area (Å²) in [5.41, 5.74) is 3.76. The lowest BCUT2D eigenvalue weighted by Crippen LogP contribution is -2.32. The maximum Gasteiger partial charge on any atom is 0.335 e. The third kappa shape index (κ3) is 1.61. The Bertz CT molecular complexity index is 601. The number of hydrogen-bond donors (Lipinski definition) is 3. The minimum absolute atomic E-state index is 0.331. The highest BCUT2D eigenvalue weighted by Gasteiger charge is 2.19. The van der Waals surface area contributed by atoms with Gasteiger partial charge in [-0.05, 0) is 31.0 Å². The molecule has 0 bridgehead atoms. The SMILES string of the molecule is CC1Cc2c([nH]c3cc(C(=O)O)ccc23)CN1. The molecule has 1 aromatic carbocycles. The van der Waals surface area contributed by atoms with Gasteiger partial charge in [0.15, 0.2) is 0 Å². The number of aromatic carboxylic acids is 1. The summed E-state index contributed by atoms with van der Waals surface area (Å²) >= 11 is 0. The van der Waals surface area contributed by atoms with E-state index in [4.69, 9.17) is 5.11 Å². The predicted molar refractivity (Wildman–Crippen MR) is 65.3 cm³/mol. The summed E-state index contributed by atoms with van der Waals surface area (Å²) in [6.45, 7) is 2.99. The number of carbonyl (C=O) groups is 1. The normalized spacial score (nSPS) is 19.2. The number of carboxylic acid groups (broad SMARTS) is 1. The van der Waals surface area contributed by atoms with Gasteiger partial charge in [-0.2, -0.15) is 0 Å². The molecule has 2 aromatic rings. The van der Waals surface area contributed by atoms with Crippen molar-refractivity contribution < 1.29 is 9.90 Å². The van der Waals surface area contributed by atoms with E-state index in [0.717, 1.165) is 23.9 Å². The third-order valence-electron chi connectivity index (χ3n) is 3.38. The van der Waals surface area contributed by atoms with Crippen molar-refractivity contribution in [3.8, 4) is 0 Å². The summed E-state index contributed by atoms with van der Waals surface area (Å²) < 4.78 is 0. The highest BCUT2D eigenvalue weighted by Crippen LogP contribution is 2.27. The van der Waals surface area contributed by atoms with Crippen LogP contribution < -0.4 is 5.32 Å². The molecule has 4 heteroatoms. The van der Waals surface area contributed by atoms with Crippen LogP contribution in [0.3, 0.4) is 0 Å². The fraction of sp³-hybridized carbons (Fsp3) is 0.308. The lowest BCUT2D eigenvalue weighted by molar-refractivity contribution is 0.0697. The van der Waals surface area contributed by atoms with Crippen LogP contribution in [0.2, 0.25) is 0 Å². The number of nitrogens with one attached hydrogen (secondary N) is 2. The Hall–Kier alpha value is -1.81. The molecule has 0 saturated carbocycles. The Morgan fingerprint density at radius 1 is 1.47 bits per heavy atom. The van der Waals surface area contributed by atoms with Gasteiger partial charge in [-0.1, -0.05) is 6.07 Å². The van der Waals surface area contributed by atoms with Crippen molar-refractivity contribution in [3.63, 3.8) is 0 Å². The van der Waals surface area contributed by atoms with Crippen LogP contribution in [0.4, 0.5) is 0 Å². The average molecular weight is 230 g/mol. The maximum absolute atomic E-state index is 10.9. The fourth-order valence-corrected chi connectivity index (χ4v) is 2.48. The molecule has 1 aliphatic rings. The van der Waals surface area contributed by atoms with Gasteiger partial charge in [-0.25, -0.2) is 4.79 Å². The number of rotatable bonds is 1. The molecule has 3 rings (SSSR count). The summed E-state index contributed by atoms with van der Waals surface area (Å²) in [6, 6.07) is 5.76.